The molecule has 0 bridgehead atoms. The van der Waals surface area contributed by atoms with E-state index in [4.69, 9.17) is 5.11 Å². The van der Waals surface area contributed by atoms with E-state index in [0.29, 0.717) is 5.13 Å². The number of benzene rings is 3. The van der Waals surface area contributed by atoms with Crippen molar-refractivity contribution in [3.63, 3.8) is 0 Å². The van der Waals surface area contributed by atoms with Crippen LogP contribution in [0.3, 0.4) is 0 Å². The van der Waals surface area contributed by atoms with Crippen molar-refractivity contribution >= 4 is 22.4 Å². The number of aliphatic carboxylic acids is 1. The third kappa shape index (κ3) is 3.70. The lowest BCUT2D eigenvalue weighted by molar-refractivity contribution is -0.147. The molecule has 0 amide bonds. The van der Waals surface area contributed by atoms with Crippen LogP contribution in [0.2, 0.25) is 0 Å². The van der Waals surface area contributed by atoms with Crippen LogP contribution < -0.4 is 5.32 Å². The van der Waals surface area contributed by atoms with Crippen LogP contribution in [0.5, 0.6) is 0 Å². The van der Waals surface area contributed by atoms with Crippen molar-refractivity contribution in [2.45, 2.75) is 11.6 Å². The van der Waals surface area contributed by atoms with Gasteiger partial charge in [0.15, 0.2) is 11.2 Å². The number of aliphatic hydroxyl groups excluding tert-OH is 1. The van der Waals surface area contributed by atoms with E-state index >= 15 is 0 Å². The Morgan fingerprint density at radius 3 is 1.67 bits per heavy atom. The lowest BCUT2D eigenvalue weighted by Gasteiger charge is -2.36. The van der Waals surface area contributed by atoms with Gasteiger partial charge in [0.05, 0.1) is 5.69 Å². The van der Waals surface area contributed by atoms with Gasteiger partial charge in [0.2, 0.25) is 0 Å². The topological polar surface area (TPSA) is 82.5 Å². The fourth-order valence-corrected chi connectivity index (χ4v) is 4.32. The van der Waals surface area contributed by atoms with Crippen molar-refractivity contribution in [2.75, 3.05) is 5.32 Å². The van der Waals surface area contributed by atoms with E-state index in [2.05, 4.69) is 10.3 Å². The van der Waals surface area contributed by atoms with E-state index < -0.39 is 17.6 Å². The summed E-state index contributed by atoms with van der Waals surface area (Å²) in [4.78, 5) is 15.5. The second-order valence-corrected chi connectivity index (χ2v) is 7.65. The molecule has 0 aliphatic carbocycles. The maximum Gasteiger partial charge on any atom is 0.338 e. The van der Waals surface area contributed by atoms with Gasteiger partial charge in [-0.25, -0.2) is 9.78 Å². The Morgan fingerprint density at radius 1 is 0.833 bits per heavy atom. The molecule has 5 nitrogen and oxygen atoms in total. The molecule has 4 aromatic rings. The van der Waals surface area contributed by atoms with Crippen molar-refractivity contribution in [3.05, 3.63) is 119 Å². The fourth-order valence-electron chi connectivity index (χ4n) is 3.54. The van der Waals surface area contributed by atoms with Gasteiger partial charge in [-0.05, 0) is 16.7 Å². The predicted molar refractivity (Wildman–Crippen MR) is 118 cm³/mol. The number of hydrogen-bond acceptors (Lipinski definition) is 5. The van der Waals surface area contributed by atoms with Crippen LogP contribution in [0.4, 0.5) is 5.13 Å². The van der Waals surface area contributed by atoms with Crippen LogP contribution in [0.25, 0.3) is 0 Å². The Bertz CT molecular complexity index is 1020. The molecule has 0 saturated carbocycles. The van der Waals surface area contributed by atoms with Crippen LogP contribution in [0, 0.1) is 0 Å². The molecule has 0 fully saturated rings. The molecule has 0 radical (unpaired) electrons. The summed E-state index contributed by atoms with van der Waals surface area (Å²) >= 11 is 1.26. The van der Waals surface area contributed by atoms with E-state index in [1.54, 1.807) is 5.38 Å². The average Bonchev–Trinajstić information content (AvgIpc) is 3.27. The zero-order valence-electron chi connectivity index (χ0n) is 16.0. The van der Waals surface area contributed by atoms with Gasteiger partial charge < -0.3 is 15.5 Å². The smallest absolute Gasteiger partial charge is 0.338 e. The minimum Gasteiger partial charge on any atom is -0.479 e. The molecular formula is C24H20N2O3S. The SMILES string of the molecule is O=C(O)C(O)c1csc(NC(c2ccccc2)(c2ccccc2)c2ccccc2)n1. The maximum atomic E-state index is 11.2. The number of nitrogens with one attached hydrogen (secondary N) is 1. The fraction of sp³-hybridized carbons (Fsp3) is 0.0833. The predicted octanol–water partition coefficient (Wildman–Crippen LogP) is 4.67. The van der Waals surface area contributed by atoms with E-state index in [9.17, 15) is 9.90 Å². The highest BCUT2D eigenvalue weighted by atomic mass is 32.1. The monoisotopic (exact) mass is 416 g/mol. The third-order valence-electron chi connectivity index (χ3n) is 4.95. The van der Waals surface area contributed by atoms with Crippen molar-refractivity contribution in [1.82, 2.24) is 4.98 Å². The molecular weight excluding hydrogens is 396 g/mol. The highest BCUT2D eigenvalue weighted by Gasteiger charge is 2.37. The summed E-state index contributed by atoms with van der Waals surface area (Å²) in [5.74, 6) is -1.33. The van der Waals surface area contributed by atoms with E-state index in [-0.39, 0.29) is 5.69 Å². The van der Waals surface area contributed by atoms with Crippen LogP contribution in [0.1, 0.15) is 28.5 Å². The van der Waals surface area contributed by atoms with Crippen LogP contribution in [0.15, 0.2) is 96.4 Å². The minimum absolute atomic E-state index is 0.109. The lowest BCUT2D eigenvalue weighted by Crippen LogP contribution is -2.38. The summed E-state index contributed by atoms with van der Waals surface area (Å²) in [5, 5.41) is 24.6. The molecule has 0 saturated heterocycles. The third-order valence-corrected chi connectivity index (χ3v) is 5.73. The number of carboxylic acids is 1. The zero-order chi connectivity index (χ0) is 21.0. The van der Waals surface area contributed by atoms with Gasteiger partial charge in [0, 0.05) is 5.38 Å². The first-order valence-electron chi connectivity index (χ1n) is 9.42. The Labute approximate surface area is 178 Å². The molecule has 1 unspecified atom stereocenters. The standard InChI is InChI=1S/C24H20N2O3S/c27-21(22(28)29)20-16-30-23(25-20)26-24(17-10-4-1-5-11-17,18-12-6-2-7-13-18)19-14-8-3-9-15-19/h1-16,21,27H,(H,25,26)(H,28,29). The molecule has 1 heterocycles. The molecule has 3 N–H and O–H groups in total. The lowest BCUT2D eigenvalue weighted by atomic mass is 9.77. The van der Waals surface area contributed by atoms with Gasteiger partial charge in [-0.15, -0.1) is 11.3 Å². The Kier molecular flexibility index (Phi) is 5.61. The number of carbonyl (C=O) groups is 1. The molecule has 0 spiro atoms. The van der Waals surface area contributed by atoms with Crippen molar-refractivity contribution in [3.8, 4) is 0 Å². The summed E-state index contributed by atoms with van der Waals surface area (Å²) in [6.45, 7) is 0. The molecule has 0 aliphatic rings. The Balaban J connectivity index is 1.91. The summed E-state index contributed by atoms with van der Waals surface area (Å²) in [6, 6.07) is 30.1. The molecule has 6 heteroatoms. The first-order chi connectivity index (χ1) is 14.6. The number of carboxylic acid groups (broad SMARTS) is 1. The molecule has 150 valence electrons. The van der Waals surface area contributed by atoms with Crippen LogP contribution >= 0.6 is 11.3 Å². The van der Waals surface area contributed by atoms with Gasteiger partial charge in [0.25, 0.3) is 0 Å². The Morgan fingerprint density at radius 2 is 1.27 bits per heavy atom. The minimum atomic E-state index is -1.66. The molecule has 30 heavy (non-hydrogen) atoms. The van der Waals surface area contributed by atoms with Crippen LogP contribution in [-0.2, 0) is 10.3 Å². The van der Waals surface area contributed by atoms with E-state index in [0.717, 1.165) is 16.7 Å². The van der Waals surface area contributed by atoms with Gasteiger partial charge in [-0.3, -0.25) is 0 Å². The second kappa shape index (κ2) is 8.49. The highest BCUT2D eigenvalue weighted by molar-refractivity contribution is 7.13. The quantitative estimate of drug-likeness (QED) is 0.382. The van der Waals surface area contributed by atoms with Gasteiger partial charge >= 0.3 is 5.97 Å². The Hall–Kier alpha value is -3.48. The number of anilines is 1. The second-order valence-electron chi connectivity index (χ2n) is 6.79. The maximum absolute atomic E-state index is 11.2. The number of hydrogen-bond donors (Lipinski definition) is 3. The van der Waals surface area contributed by atoms with Crippen molar-refractivity contribution < 1.29 is 15.0 Å². The number of rotatable bonds is 7. The first-order valence-corrected chi connectivity index (χ1v) is 10.3. The van der Waals surface area contributed by atoms with Crippen LogP contribution in [-0.4, -0.2) is 21.2 Å². The summed E-state index contributed by atoms with van der Waals surface area (Å²) in [6.07, 6.45) is -1.66. The number of nitrogens with zero attached hydrogens (tertiary/aromatic N) is 1. The van der Waals surface area contributed by atoms with Crippen molar-refractivity contribution in [2.24, 2.45) is 0 Å². The van der Waals surface area contributed by atoms with Crippen molar-refractivity contribution in [1.29, 1.82) is 0 Å². The largest absolute Gasteiger partial charge is 0.479 e. The molecule has 1 atom stereocenters. The molecule has 1 aromatic heterocycles. The zero-order valence-corrected chi connectivity index (χ0v) is 16.8. The summed E-state index contributed by atoms with van der Waals surface area (Å²) < 4.78 is 0. The van der Waals surface area contributed by atoms with Gasteiger partial charge in [-0.2, -0.15) is 0 Å². The van der Waals surface area contributed by atoms with Gasteiger partial charge in [0.1, 0.15) is 5.54 Å². The number of thiazole rings is 1. The molecule has 4 rings (SSSR count). The highest BCUT2D eigenvalue weighted by Crippen LogP contribution is 2.40. The normalized spacial score (nSPS) is 12.3. The first kappa shape index (κ1) is 19.8. The summed E-state index contributed by atoms with van der Waals surface area (Å²) in [7, 11) is 0. The summed E-state index contributed by atoms with van der Waals surface area (Å²) in [5.41, 5.74) is 2.39. The van der Waals surface area contributed by atoms with E-state index in [1.165, 1.54) is 11.3 Å². The number of aromatic nitrogens is 1. The van der Waals surface area contributed by atoms with E-state index in [1.807, 2.05) is 91.0 Å². The van der Waals surface area contributed by atoms with Gasteiger partial charge in [-0.1, -0.05) is 91.0 Å². The molecule has 3 aromatic carbocycles. The molecule has 0 aliphatic heterocycles. The number of aliphatic hydroxyl groups is 1. The average molecular weight is 417 g/mol.